The molecule has 0 aromatic heterocycles. The second kappa shape index (κ2) is 8.76. The van der Waals surface area contributed by atoms with Gasteiger partial charge in [-0.2, -0.15) is 0 Å². The fourth-order valence-electron chi connectivity index (χ4n) is 1.90. The van der Waals surface area contributed by atoms with Crippen molar-refractivity contribution in [3.05, 3.63) is 76.3 Å². The summed E-state index contributed by atoms with van der Waals surface area (Å²) < 4.78 is 5.08. The van der Waals surface area contributed by atoms with Crippen LogP contribution in [0.5, 0.6) is 0 Å². The maximum atomic E-state index is 11.6. The Kier molecular flexibility index (Phi) is 6.39. The molecule has 2 aromatic rings. The smallest absolute Gasteiger partial charge is 0.407 e. The summed E-state index contributed by atoms with van der Waals surface area (Å²) in [4.78, 5) is 22.5. The first-order valence-corrected chi connectivity index (χ1v) is 7.42. The number of hydrogen-bond donors (Lipinski definition) is 1. The Hall–Kier alpha value is -2.59. The minimum atomic E-state index is -0.500. The van der Waals surface area contributed by atoms with E-state index in [2.05, 4.69) is 5.32 Å². The Labute approximate surface area is 139 Å². The van der Waals surface area contributed by atoms with Crippen LogP contribution >= 0.6 is 11.6 Å². The highest BCUT2D eigenvalue weighted by Crippen LogP contribution is 2.16. The third-order valence-corrected chi connectivity index (χ3v) is 3.29. The van der Waals surface area contributed by atoms with Gasteiger partial charge in [0.25, 0.3) is 0 Å². The number of nitrogens with one attached hydrogen (secondary N) is 1. The van der Waals surface area contributed by atoms with Gasteiger partial charge in [-0.15, -0.1) is 0 Å². The Bertz CT molecular complexity index is 699. The van der Waals surface area contributed by atoms with Crippen molar-refractivity contribution in [2.75, 3.05) is 6.54 Å². The van der Waals surface area contributed by atoms with Crippen LogP contribution < -0.4 is 5.32 Å². The first-order valence-electron chi connectivity index (χ1n) is 7.05. The molecule has 0 radical (unpaired) electrons. The van der Waals surface area contributed by atoms with Crippen LogP contribution in [0.1, 0.15) is 21.5 Å². The standard InChI is InChI=1S/C18H16ClNO3/c19-17-9-8-16(12-21)15(11-17)7-4-10-20-18(22)23-13-14-5-2-1-3-6-14/h1-9,11-12H,10,13H2,(H,20,22). The van der Waals surface area contributed by atoms with E-state index in [4.69, 9.17) is 16.3 Å². The molecule has 0 heterocycles. The molecular weight excluding hydrogens is 314 g/mol. The van der Waals surface area contributed by atoms with Gasteiger partial charge in [0.05, 0.1) is 0 Å². The van der Waals surface area contributed by atoms with Crippen molar-refractivity contribution in [3.63, 3.8) is 0 Å². The van der Waals surface area contributed by atoms with Crippen molar-refractivity contribution in [1.29, 1.82) is 0 Å². The van der Waals surface area contributed by atoms with Crippen LogP contribution in [0.3, 0.4) is 0 Å². The zero-order valence-electron chi connectivity index (χ0n) is 12.4. The number of carbonyl (C=O) groups is 2. The Morgan fingerprint density at radius 2 is 1.91 bits per heavy atom. The monoisotopic (exact) mass is 329 g/mol. The van der Waals surface area contributed by atoms with Gasteiger partial charge >= 0.3 is 6.09 Å². The molecule has 2 aromatic carbocycles. The minimum Gasteiger partial charge on any atom is -0.445 e. The van der Waals surface area contributed by atoms with E-state index in [1.165, 1.54) is 0 Å². The van der Waals surface area contributed by atoms with Gasteiger partial charge in [0.2, 0.25) is 0 Å². The fraction of sp³-hybridized carbons (Fsp3) is 0.111. The number of hydrogen-bond acceptors (Lipinski definition) is 3. The number of halogens is 1. The maximum absolute atomic E-state index is 11.6. The zero-order valence-corrected chi connectivity index (χ0v) is 13.1. The number of alkyl carbamates (subject to hydrolysis) is 1. The van der Waals surface area contributed by atoms with Crippen LogP contribution in [0.2, 0.25) is 5.02 Å². The van der Waals surface area contributed by atoms with E-state index in [1.807, 2.05) is 30.3 Å². The molecule has 1 N–H and O–H groups in total. The van der Waals surface area contributed by atoms with Crippen LogP contribution in [0.25, 0.3) is 6.08 Å². The normalized spacial score (nSPS) is 10.5. The third kappa shape index (κ3) is 5.60. The molecule has 0 aliphatic heterocycles. The largest absolute Gasteiger partial charge is 0.445 e. The van der Waals surface area contributed by atoms with E-state index in [1.54, 1.807) is 30.4 Å². The summed E-state index contributed by atoms with van der Waals surface area (Å²) in [5.74, 6) is 0. The molecule has 23 heavy (non-hydrogen) atoms. The lowest BCUT2D eigenvalue weighted by Gasteiger charge is -2.05. The Morgan fingerprint density at radius 1 is 1.13 bits per heavy atom. The highest BCUT2D eigenvalue weighted by molar-refractivity contribution is 6.30. The van der Waals surface area contributed by atoms with Gasteiger partial charge in [-0.1, -0.05) is 54.1 Å². The van der Waals surface area contributed by atoms with Gasteiger partial charge in [0.15, 0.2) is 6.29 Å². The summed E-state index contributed by atoms with van der Waals surface area (Å²) in [5, 5.41) is 3.15. The quantitative estimate of drug-likeness (QED) is 0.812. The van der Waals surface area contributed by atoms with Gasteiger partial charge in [-0.05, 0) is 29.3 Å². The average Bonchev–Trinajstić information content (AvgIpc) is 2.58. The van der Waals surface area contributed by atoms with Crippen LogP contribution in [0, 0.1) is 0 Å². The number of carbonyl (C=O) groups excluding carboxylic acids is 2. The molecule has 0 atom stereocenters. The third-order valence-electron chi connectivity index (χ3n) is 3.05. The van der Waals surface area contributed by atoms with Crippen LogP contribution in [-0.2, 0) is 11.3 Å². The van der Waals surface area contributed by atoms with Crippen molar-refractivity contribution in [2.24, 2.45) is 0 Å². The molecule has 0 aliphatic rings. The first kappa shape index (κ1) is 16.8. The van der Waals surface area contributed by atoms with E-state index in [0.717, 1.165) is 11.8 Å². The van der Waals surface area contributed by atoms with Crippen LogP contribution in [-0.4, -0.2) is 18.9 Å². The van der Waals surface area contributed by atoms with Gasteiger partial charge in [0, 0.05) is 17.1 Å². The van der Waals surface area contributed by atoms with Crippen molar-refractivity contribution in [3.8, 4) is 0 Å². The molecule has 0 saturated carbocycles. The Morgan fingerprint density at radius 3 is 2.65 bits per heavy atom. The Balaban J connectivity index is 1.79. The molecule has 0 bridgehead atoms. The van der Waals surface area contributed by atoms with Gasteiger partial charge in [-0.25, -0.2) is 4.79 Å². The molecule has 0 unspecified atom stereocenters. The van der Waals surface area contributed by atoms with E-state index < -0.39 is 6.09 Å². The van der Waals surface area contributed by atoms with E-state index in [0.29, 0.717) is 22.7 Å². The topological polar surface area (TPSA) is 55.4 Å². The highest BCUT2D eigenvalue weighted by atomic mass is 35.5. The molecule has 0 aliphatic carbocycles. The van der Waals surface area contributed by atoms with E-state index in [-0.39, 0.29) is 6.61 Å². The first-order chi connectivity index (χ1) is 11.2. The average molecular weight is 330 g/mol. The van der Waals surface area contributed by atoms with Crippen molar-refractivity contribution in [2.45, 2.75) is 6.61 Å². The van der Waals surface area contributed by atoms with Crippen LogP contribution in [0.15, 0.2) is 54.6 Å². The van der Waals surface area contributed by atoms with Gasteiger partial charge < -0.3 is 10.1 Å². The summed E-state index contributed by atoms with van der Waals surface area (Å²) in [6, 6.07) is 14.4. The predicted molar refractivity (Wildman–Crippen MR) is 90.5 cm³/mol. The van der Waals surface area contributed by atoms with E-state index in [9.17, 15) is 9.59 Å². The van der Waals surface area contributed by atoms with Crippen LogP contribution in [0.4, 0.5) is 4.79 Å². The summed E-state index contributed by atoms with van der Waals surface area (Å²) in [5.41, 5.74) is 2.16. The zero-order chi connectivity index (χ0) is 16.5. The second-order valence-electron chi connectivity index (χ2n) is 4.74. The molecule has 4 nitrogen and oxygen atoms in total. The number of amides is 1. The number of rotatable bonds is 6. The summed E-state index contributed by atoms with van der Waals surface area (Å²) in [6.07, 6.45) is 3.72. The van der Waals surface area contributed by atoms with Gasteiger partial charge in [0.1, 0.15) is 6.61 Å². The number of benzene rings is 2. The summed E-state index contributed by atoms with van der Waals surface area (Å²) >= 11 is 5.90. The molecule has 0 spiro atoms. The highest BCUT2D eigenvalue weighted by Gasteiger charge is 2.01. The van der Waals surface area contributed by atoms with E-state index >= 15 is 0 Å². The summed E-state index contributed by atoms with van der Waals surface area (Å²) in [7, 11) is 0. The maximum Gasteiger partial charge on any atom is 0.407 e. The lowest BCUT2D eigenvalue weighted by molar-refractivity contribution is 0.112. The molecule has 0 saturated heterocycles. The second-order valence-corrected chi connectivity index (χ2v) is 5.17. The molecule has 1 amide bonds. The fourth-order valence-corrected chi connectivity index (χ4v) is 2.08. The molecule has 5 heteroatoms. The van der Waals surface area contributed by atoms with Crippen molar-refractivity contribution < 1.29 is 14.3 Å². The molecule has 2 rings (SSSR count). The summed E-state index contributed by atoms with van der Waals surface area (Å²) in [6.45, 7) is 0.512. The predicted octanol–water partition coefficient (Wildman–Crippen LogP) is 4.09. The van der Waals surface area contributed by atoms with Gasteiger partial charge in [-0.3, -0.25) is 4.79 Å². The lowest BCUT2D eigenvalue weighted by Crippen LogP contribution is -2.24. The SMILES string of the molecule is O=Cc1ccc(Cl)cc1C=CCNC(=O)OCc1ccccc1. The lowest BCUT2D eigenvalue weighted by atomic mass is 10.1. The van der Waals surface area contributed by atoms with Crippen molar-refractivity contribution in [1.82, 2.24) is 5.32 Å². The molecular formula is C18H16ClNO3. The molecule has 118 valence electrons. The minimum absolute atomic E-state index is 0.222. The number of ether oxygens (including phenoxy) is 1. The molecule has 0 fully saturated rings. The van der Waals surface area contributed by atoms with Crippen molar-refractivity contribution >= 4 is 30.1 Å². The number of aldehydes is 1.